The van der Waals surface area contributed by atoms with Gasteiger partial charge in [-0.2, -0.15) is 0 Å². The standard InChI is InChI=1S/C13H16BrClO/c1-9(15)13(5-6-13)8-10-7-11(14)3-4-12(10)16-2/h3-4,7,9H,5-6,8H2,1-2H3. The Kier molecular flexibility index (Phi) is 3.50. The van der Waals surface area contributed by atoms with Crippen LogP contribution in [-0.2, 0) is 6.42 Å². The zero-order chi connectivity index (χ0) is 11.8. The Bertz CT molecular complexity index is 386. The third-order valence-corrected chi connectivity index (χ3v) is 4.48. The molecule has 0 amide bonds. The molecule has 1 saturated carbocycles. The molecule has 2 rings (SSSR count). The molecule has 3 heteroatoms. The number of hydrogen-bond acceptors (Lipinski definition) is 1. The van der Waals surface area contributed by atoms with Crippen molar-refractivity contribution in [2.24, 2.45) is 5.41 Å². The number of alkyl halides is 1. The second-order valence-electron chi connectivity index (χ2n) is 4.61. The van der Waals surface area contributed by atoms with Crippen molar-refractivity contribution in [1.29, 1.82) is 0 Å². The lowest BCUT2D eigenvalue weighted by molar-refractivity contribution is 0.400. The molecule has 0 N–H and O–H groups in total. The molecular weight excluding hydrogens is 287 g/mol. The average Bonchev–Trinajstić information content (AvgIpc) is 2.99. The van der Waals surface area contributed by atoms with Gasteiger partial charge in [-0.15, -0.1) is 11.6 Å². The van der Waals surface area contributed by atoms with Gasteiger partial charge in [-0.1, -0.05) is 15.9 Å². The smallest absolute Gasteiger partial charge is 0.122 e. The minimum absolute atomic E-state index is 0.233. The Morgan fingerprint density at radius 3 is 2.69 bits per heavy atom. The van der Waals surface area contributed by atoms with Crippen LogP contribution in [-0.4, -0.2) is 12.5 Å². The first-order valence-corrected chi connectivity index (χ1v) is 6.77. The molecular formula is C13H16BrClO. The van der Waals surface area contributed by atoms with Gasteiger partial charge in [0.05, 0.1) is 7.11 Å². The largest absolute Gasteiger partial charge is 0.496 e. The lowest BCUT2D eigenvalue weighted by atomic mass is 9.93. The van der Waals surface area contributed by atoms with E-state index in [-0.39, 0.29) is 5.38 Å². The van der Waals surface area contributed by atoms with E-state index in [0.29, 0.717) is 5.41 Å². The van der Waals surface area contributed by atoms with E-state index in [1.54, 1.807) is 7.11 Å². The first-order chi connectivity index (χ1) is 7.57. The van der Waals surface area contributed by atoms with Gasteiger partial charge in [0.25, 0.3) is 0 Å². The molecule has 1 nitrogen and oxygen atoms in total. The zero-order valence-corrected chi connectivity index (χ0v) is 11.9. The molecule has 0 saturated heterocycles. The van der Waals surface area contributed by atoms with Gasteiger partial charge < -0.3 is 4.74 Å². The highest BCUT2D eigenvalue weighted by Crippen LogP contribution is 2.54. The summed E-state index contributed by atoms with van der Waals surface area (Å²) < 4.78 is 6.49. The predicted molar refractivity (Wildman–Crippen MR) is 71.4 cm³/mol. The van der Waals surface area contributed by atoms with E-state index >= 15 is 0 Å². The van der Waals surface area contributed by atoms with E-state index in [4.69, 9.17) is 16.3 Å². The fourth-order valence-electron chi connectivity index (χ4n) is 2.14. The van der Waals surface area contributed by atoms with E-state index in [9.17, 15) is 0 Å². The summed E-state index contributed by atoms with van der Waals surface area (Å²) in [6, 6.07) is 6.15. The van der Waals surface area contributed by atoms with E-state index < -0.39 is 0 Å². The van der Waals surface area contributed by atoms with Gasteiger partial charge in [0.15, 0.2) is 0 Å². The maximum atomic E-state index is 6.26. The Hall–Kier alpha value is -0.210. The Morgan fingerprint density at radius 1 is 1.50 bits per heavy atom. The minimum atomic E-state index is 0.233. The van der Waals surface area contributed by atoms with Gasteiger partial charge in [-0.3, -0.25) is 0 Å². The summed E-state index contributed by atoms with van der Waals surface area (Å²) >= 11 is 9.77. The van der Waals surface area contributed by atoms with Gasteiger partial charge in [-0.05, 0) is 55.4 Å². The molecule has 1 aromatic carbocycles. The molecule has 0 radical (unpaired) electrons. The fraction of sp³-hybridized carbons (Fsp3) is 0.538. The predicted octanol–water partition coefficient (Wildman–Crippen LogP) is 4.41. The number of methoxy groups -OCH3 is 1. The number of ether oxygens (including phenoxy) is 1. The van der Waals surface area contributed by atoms with Crippen LogP contribution >= 0.6 is 27.5 Å². The second-order valence-corrected chi connectivity index (χ2v) is 6.18. The van der Waals surface area contributed by atoms with Crippen LogP contribution in [0.4, 0.5) is 0 Å². The molecule has 0 bridgehead atoms. The van der Waals surface area contributed by atoms with E-state index in [2.05, 4.69) is 28.9 Å². The summed E-state index contributed by atoms with van der Waals surface area (Å²) in [5.74, 6) is 0.965. The highest BCUT2D eigenvalue weighted by molar-refractivity contribution is 9.10. The topological polar surface area (TPSA) is 9.23 Å². The third-order valence-electron chi connectivity index (χ3n) is 3.52. The van der Waals surface area contributed by atoms with Gasteiger partial charge in [0.2, 0.25) is 0 Å². The summed E-state index contributed by atoms with van der Waals surface area (Å²) in [7, 11) is 1.72. The molecule has 88 valence electrons. The van der Waals surface area contributed by atoms with Crippen LogP contribution in [0.1, 0.15) is 25.3 Å². The number of hydrogen-bond donors (Lipinski definition) is 0. The van der Waals surface area contributed by atoms with Crippen molar-refractivity contribution < 1.29 is 4.74 Å². The molecule has 0 heterocycles. The molecule has 1 aromatic rings. The summed E-state index contributed by atoms with van der Waals surface area (Å²) in [5.41, 5.74) is 1.55. The number of rotatable bonds is 4. The first kappa shape index (κ1) is 12.3. The summed E-state index contributed by atoms with van der Waals surface area (Å²) in [5, 5.41) is 0.233. The molecule has 1 aliphatic rings. The molecule has 0 aromatic heterocycles. The van der Waals surface area contributed by atoms with E-state index in [1.165, 1.54) is 18.4 Å². The van der Waals surface area contributed by atoms with Crippen molar-refractivity contribution in [3.05, 3.63) is 28.2 Å². The quantitative estimate of drug-likeness (QED) is 0.749. The van der Waals surface area contributed by atoms with Gasteiger partial charge in [0.1, 0.15) is 5.75 Å². The highest BCUT2D eigenvalue weighted by atomic mass is 79.9. The maximum absolute atomic E-state index is 6.26. The van der Waals surface area contributed by atoms with Crippen LogP contribution in [0.25, 0.3) is 0 Å². The van der Waals surface area contributed by atoms with Crippen LogP contribution in [0.15, 0.2) is 22.7 Å². The SMILES string of the molecule is COc1ccc(Br)cc1CC1(C(C)Cl)CC1. The van der Waals surface area contributed by atoms with Crippen molar-refractivity contribution in [3.8, 4) is 5.75 Å². The van der Waals surface area contributed by atoms with Gasteiger partial charge in [0, 0.05) is 9.85 Å². The summed E-state index contributed by atoms with van der Waals surface area (Å²) in [4.78, 5) is 0. The van der Waals surface area contributed by atoms with Crippen LogP contribution < -0.4 is 4.74 Å². The Labute approximate surface area is 110 Å². The molecule has 0 aliphatic heterocycles. The van der Waals surface area contributed by atoms with Gasteiger partial charge >= 0.3 is 0 Å². The minimum Gasteiger partial charge on any atom is -0.496 e. The molecule has 1 fully saturated rings. The second kappa shape index (κ2) is 4.58. The van der Waals surface area contributed by atoms with E-state index in [0.717, 1.165) is 16.6 Å². The van der Waals surface area contributed by atoms with Crippen LogP contribution in [0.2, 0.25) is 0 Å². The van der Waals surface area contributed by atoms with E-state index in [1.807, 2.05) is 12.1 Å². The van der Waals surface area contributed by atoms with Crippen molar-refractivity contribution in [2.45, 2.75) is 31.6 Å². The molecule has 16 heavy (non-hydrogen) atoms. The number of halogens is 2. The third kappa shape index (κ3) is 2.38. The lowest BCUT2D eigenvalue weighted by Crippen LogP contribution is -2.16. The zero-order valence-electron chi connectivity index (χ0n) is 9.59. The van der Waals surface area contributed by atoms with Crippen molar-refractivity contribution >= 4 is 27.5 Å². The van der Waals surface area contributed by atoms with Crippen molar-refractivity contribution in [1.82, 2.24) is 0 Å². The first-order valence-electron chi connectivity index (χ1n) is 5.54. The van der Waals surface area contributed by atoms with Crippen molar-refractivity contribution in [2.75, 3.05) is 7.11 Å². The van der Waals surface area contributed by atoms with Gasteiger partial charge in [-0.25, -0.2) is 0 Å². The Morgan fingerprint density at radius 2 is 2.19 bits per heavy atom. The summed E-state index contributed by atoms with van der Waals surface area (Å²) in [6.07, 6.45) is 3.47. The van der Waals surface area contributed by atoms with Crippen LogP contribution in [0.3, 0.4) is 0 Å². The normalized spacial score (nSPS) is 19.2. The van der Waals surface area contributed by atoms with Crippen molar-refractivity contribution in [3.63, 3.8) is 0 Å². The highest BCUT2D eigenvalue weighted by Gasteiger charge is 2.46. The summed E-state index contributed by atoms with van der Waals surface area (Å²) in [6.45, 7) is 2.10. The van der Waals surface area contributed by atoms with Crippen LogP contribution in [0.5, 0.6) is 5.75 Å². The monoisotopic (exact) mass is 302 g/mol. The molecule has 0 spiro atoms. The molecule has 1 unspecified atom stereocenters. The van der Waals surface area contributed by atoms with Crippen LogP contribution in [0, 0.1) is 5.41 Å². The average molecular weight is 304 g/mol. The fourth-order valence-corrected chi connectivity index (χ4v) is 2.84. The maximum Gasteiger partial charge on any atom is 0.122 e. The Balaban J connectivity index is 2.23. The number of benzene rings is 1. The molecule has 1 aliphatic carbocycles. The molecule has 1 atom stereocenters. The lowest BCUT2D eigenvalue weighted by Gasteiger charge is -2.19.